The molecule has 2 nitrogen and oxygen atoms in total. The third-order valence-electron chi connectivity index (χ3n) is 2.38. The minimum absolute atomic E-state index is 0.0591. The van der Waals surface area contributed by atoms with Crippen LogP contribution in [0.4, 0.5) is 8.78 Å². The third-order valence-corrected chi connectivity index (χ3v) is 3.87. The van der Waals surface area contributed by atoms with E-state index < -0.39 is 23.7 Å². The van der Waals surface area contributed by atoms with Crippen molar-refractivity contribution in [3.8, 4) is 0 Å². The highest BCUT2D eigenvalue weighted by atomic mass is 35.5. The summed E-state index contributed by atoms with van der Waals surface area (Å²) in [5.74, 6) is -4.30. The predicted octanol–water partition coefficient (Wildman–Crippen LogP) is 5.04. The average Bonchev–Trinajstić information content (AvgIpc) is 2.40. The first kappa shape index (κ1) is 15.7. The molecule has 1 N–H and O–H groups in total. The number of thiophene rings is 1. The molecule has 7 heteroatoms. The number of hydrogen-bond donors (Lipinski definition) is 1. The molecule has 0 fully saturated rings. The highest BCUT2D eigenvalue weighted by Gasteiger charge is 2.41. The molecule has 18 heavy (non-hydrogen) atoms. The molecule has 1 heterocycles. The molecule has 0 bridgehead atoms. The molecule has 1 aromatic rings. The molecule has 0 radical (unpaired) electrons. The van der Waals surface area contributed by atoms with Crippen molar-refractivity contribution in [2.24, 2.45) is 5.41 Å². The molecule has 0 aliphatic rings. The Morgan fingerprint density at radius 2 is 2.00 bits per heavy atom. The maximum absolute atomic E-state index is 14.0. The van der Waals surface area contributed by atoms with Crippen molar-refractivity contribution < 1.29 is 18.7 Å². The summed E-state index contributed by atoms with van der Waals surface area (Å²) < 4.78 is 28.2. The Bertz CT molecular complexity index is 458. The van der Waals surface area contributed by atoms with Crippen molar-refractivity contribution in [1.29, 1.82) is 0 Å². The summed E-state index contributed by atoms with van der Waals surface area (Å²) in [7, 11) is 0. The lowest BCUT2D eigenvalue weighted by atomic mass is 9.82. The molecule has 0 unspecified atom stereocenters. The highest BCUT2D eigenvalue weighted by Crippen LogP contribution is 2.47. The molecule has 1 rings (SSSR count). The van der Waals surface area contributed by atoms with E-state index in [1.54, 1.807) is 0 Å². The van der Waals surface area contributed by atoms with E-state index in [1.807, 2.05) is 0 Å². The van der Waals surface area contributed by atoms with Crippen LogP contribution in [0.15, 0.2) is 6.07 Å². The number of carboxylic acids is 1. The molecule has 0 saturated heterocycles. The van der Waals surface area contributed by atoms with Gasteiger partial charge in [-0.15, -0.1) is 11.3 Å². The largest absolute Gasteiger partial charge is 0.481 e. The first-order chi connectivity index (χ1) is 8.03. The van der Waals surface area contributed by atoms with Gasteiger partial charge in [-0.25, -0.2) is 8.78 Å². The summed E-state index contributed by atoms with van der Waals surface area (Å²) in [5.41, 5.74) is -1.37. The molecule has 0 amide bonds. The Kier molecular flexibility index (Phi) is 4.62. The van der Waals surface area contributed by atoms with Crippen molar-refractivity contribution in [3.63, 3.8) is 0 Å². The van der Waals surface area contributed by atoms with Gasteiger partial charge in [0, 0.05) is 6.42 Å². The van der Waals surface area contributed by atoms with Gasteiger partial charge in [0.25, 0.3) is 5.92 Å². The van der Waals surface area contributed by atoms with Gasteiger partial charge in [0.05, 0.1) is 16.3 Å². The fourth-order valence-electron chi connectivity index (χ4n) is 1.76. The fourth-order valence-corrected chi connectivity index (χ4v) is 3.33. The van der Waals surface area contributed by atoms with Crippen LogP contribution in [0, 0.1) is 5.41 Å². The minimum Gasteiger partial charge on any atom is -0.481 e. The van der Waals surface area contributed by atoms with E-state index in [2.05, 4.69) is 0 Å². The Morgan fingerprint density at radius 1 is 1.44 bits per heavy atom. The average molecular weight is 317 g/mol. The van der Waals surface area contributed by atoms with E-state index in [0.717, 1.165) is 17.4 Å². The first-order valence-electron chi connectivity index (χ1n) is 5.08. The van der Waals surface area contributed by atoms with Gasteiger partial charge in [0.2, 0.25) is 0 Å². The standard InChI is InChI=1S/C11H12Cl2F2O2S/c1-10(2,4-8(16)17)5-11(14,15)6-3-7(12)18-9(6)13/h3H,4-5H2,1-2H3,(H,16,17). The lowest BCUT2D eigenvalue weighted by Crippen LogP contribution is -2.26. The van der Waals surface area contributed by atoms with Crippen LogP contribution >= 0.6 is 34.5 Å². The van der Waals surface area contributed by atoms with E-state index in [9.17, 15) is 13.6 Å². The lowest BCUT2D eigenvalue weighted by Gasteiger charge is -2.28. The number of hydrogen-bond acceptors (Lipinski definition) is 2. The van der Waals surface area contributed by atoms with Gasteiger partial charge >= 0.3 is 5.97 Å². The van der Waals surface area contributed by atoms with Crippen LogP contribution in [0.1, 0.15) is 32.3 Å². The zero-order valence-electron chi connectivity index (χ0n) is 9.77. The summed E-state index contributed by atoms with van der Waals surface area (Å²) in [5, 5.41) is 8.69. The van der Waals surface area contributed by atoms with Crippen molar-refractivity contribution in [2.75, 3.05) is 0 Å². The fraction of sp³-hybridized carbons (Fsp3) is 0.545. The van der Waals surface area contributed by atoms with Gasteiger partial charge in [-0.3, -0.25) is 4.79 Å². The monoisotopic (exact) mass is 316 g/mol. The second-order valence-corrected chi connectivity index (χ2v) is 7.14. The molecule has 0 aliphatic heterocycles. The highest BCUT2D eigenvalue weighted by molar-refractivity contribution is 7.20. The van der Waals surface area contributed by atoms with Crippen LogP contribution in [-0.4, -0.2) is 11.1 Å². The maximum Gasteiger partial charge on any atom is 0.303 e. The molecular weight excluding hydrogens is 305 g/mol. The molecule has 0 saturated carbocycles. The summed E-state index contributed by atoms with van der Waals surface area (Å²) in [6, 6.07) is 1.13. The first-order valence-corrected chi connectivity index (χ1v) is 6.66. The van der Waals surface area contributed by atoms with Gasteiger partial charge < -0.3 is 5.11 Å². The number of alkyl halides is 2. The zero-order chi connectivity index (χ0) is 14.1. The van der Waals surface area contributed by atoms with Crippen LogP contribution in [0.2, 0.25) is 8.67 Å². The molecule has 102 valence electrons. The molecule has 0 aromatic carbocycles. The van der Waals surface area contributed by atoms with E-state index in [1.165, 1.54) is 13.8 Å². The minimum atomic E-state index is -3.19. The Labute approximate surface area is 118 Å². The predicted molar refractivity (Wildman–Crippen MR) is 68.9 cm³/mol. The molecular formula is C11H12Cl2F2O2S. The normalized spacial score (nSPS) is 12.8. The van der Waals surface area contributed by atoms with E-state index in [0.29, 0.717) is 0 Å². The van der Waals surface area contributed by atoms with Crippen molar-refractivity contribution in [1.82, 2.24) is 0 Å². The van der Waals surface area contributed by atoms with Crippen LogP contribution in [0.5, 0.6) is 0 Å². The van der Waals surface area contributed by atoms with Crippen molar-refractivity contribution in [2.45, 2.75) is 32.6 Å². The number of halogens is 4. The second-order valence-electron chi connectivity index (χ2n) is 4.85. The molecule has 0 spiro atoms. The van der Waals surface area contributed by atoms with E-state index >= 15 is 0 Å². The maximum atomic E-state index is 14.0. The molecule has 0 aliphatic carbocycles. The van der Waals surface area contributed by atoms with Crippen LogP contribution in [-0.2, 0) is 10.7 Å². The van der Waals surface area contributed by atoms with Gasteiger partial charge in [-0.05, 0) is 11.5 Å². The number of carbonyl (C=O) groups is 1. The smallest absolute Gasteiger partial charge is 0.303 e. The lowest BCUT2D eigenvalue weighted by molar-refractivity contribution is -0.140. The number of aliphatic carboxylic acids is 1. The molecule has 0 atom stereocenters. The summed E-state index contributed by atoms with van der Waals surface area (Å²) in [6.45, 7) is 2.97. The van der Waals surface area contributed by atoms with Gasteiger partial charge in [-0.2, -0.15) is 0 Å². The van der Waals surface area contributed by atoms with Crippen LogP contribution < -0.4 is 0 Å². The van der Waals surface area contributed by atoms with Crippen molar-refractivity contribution in [3.05, 3.63) is 20.3 Å². The SMILES string of the molecule is CC(C)(CC(=O)O)CC(F)(F)c1cc(Cl)sc1Cl. The number of rotatable bonds is 5. The quantitative estimate of drug-likeness (QED) is 0.826. The topological polar surface area (TPSA) is 37.3 Å². The molecule has 1 aromatic heterocycles. The second kappa shape index (κ2) is 5.31. The van der Waals surface area contributed by atoms with Crippen LogP contribution in [0.3, 0.4) is 0 Å². The van der Waals surface area contributed by atoms with E-state index in [4.69, 9.17) is 28.3 Å². The van der Waals surface area contributed by atoms with Gasteiger partial charge in [0.1, 0.15) is 4.34 Å². The Morgan fingerprint density at radius 3 is 2.39 bits per heavy atom. The van der Waals surface area contributed by atoms with Gasteiger partial charge in [-0.1, -0.05) is 37.0 Å². The summed E-state index contributed by atoms with van der Waals surface area (Å²) in [6.07, 6.45) is -0.933. The summed E-state index contributed by atoms with van der Waals surface area (Å²) >= 11 is 12.2. The Balaban J connectivity index is 2.94. The number of carboxylic acid groups (broad SMARTS) is 1. The zero-order valence-corrected chi connectivity index (χ0v) is 12.1. The van der Waals surface area contributed by atoms with Crippen LogP contribution in [0.25, 0.3) is 0 Å². The van der Waals surface area contributed by atoms with Crippen molar-refractivity contribution >= 4 is 40.5 Å². The van der Waals surface area contributed by atoms with E-state index in [-0.39, 0.29) is 20.7 Å². The Hall–Kier alpha value is -0.390. The summed E-state index contributed by atoms with van der Waals surface area (Å²) in [4.78, 5) is 10.6. The third kappa shape index (κ3) is 4.07. The van der Waals surface area contributed by atoms with Gasteiger partial charge in [0.15, 0.2) is 0 Å².